The van der Waals surface area contributed by atoms with Gasteiger partial charge >= 0.3 is 0 Å². The zero-order chi connectivity index (χ0) is 10.6. The van der Waals surface area contributed by atoms with Crippen LogP contribution in [0.25, 0.3) is 0 Å². The third-order valence-electron chi connectivity index (χ3n) is 3.21. The summed E-state index contributed by atoms with van der Waals surface area (Å²) in [6, 6.07) is 10.1. The highest BCUT2D eigenvalue weighted by atomic mass is 16.1. The van der Waals surface area contributed by atoms with Crippen LogP contribution in [0.1, 0.15) is 39.2 Å². The van der Waals surface area contributed by atoms with E-state index in [9.17, 15) is 4.79 Å². The van der Waals surface area contributed by atoms with Crippen LogP contribution in [0.3, 0.4) is 0 Å². The second kappa shape index (κ2) is 4.41. The van der Waals surface area contributed by atoms with Crippen molar-refractivity contribution in [1.82, 2.24) is 0 Å². The fraction of sp³-hybridized carbons (Fsp3) is 0.462. The lowest BCUT2D eigenvalue weighted by molar-refractivity contribution is -0.122. The van der Waals surface area contributed by atoms with Gasteiger partial charge in [-0.1, -0.05) is 44.2 Å². The molecule has 14 heavy (non-hydrogen) atoms. The topological polar surface area (TPSA) is 17.1 Å². The van der Waals surface area contributed by atoms with Gasteiger partial charge in [0.25, 0.3) is 0 Å². The fourth-order valence-corrected chi connectivity index (χ4v) is 2.12. The number of rotatable bonds is 4. The van der Waals surface area contributed by atoms with Crippen LogP contribution in [0.15, 0.2) is 30.3 Å². The summed E-state index contributed by atoms with van der Waals surface area (Å²) < 4.78 is 0. The maximum absolute atomic E-state index is 11.7. The Morgan fingerprint density at radius 3 is 2.00 bits per heavy atom. The van der Waals surface area contributed by atoms with Gasteiger partial charge in [-0.15, -0.1) is 0 Å². The molecule has 0 atom stereocenters. The molecule has 0 unspecified atom stereocenters. The van der Waals surface area contributed by atoms with E-state index in [-0.39, 0.29) is 11.2 Å². The van der Waals surface area contributed by atoms with E-state index >= 15 is 0 Å². The zero-order valence-electron chi connectivity index (χ0n) is 9.21. The predicted octanol–water partition coefficient (Wildman–Crippen LogP) is 3.33. The molecule has 0 aromatic heterocycles. The summed E-state index contributed by atoms with van der Waals surface area (Å²) in [5, 5.41) is 0. The van der Waals surface area contributed by atoms with E-state index in [1.54, 1.807) is 6.92 Å². The summed E-state index contributed by atoms with van der Waals surface area (Å²) in [5.74, 6) is 0.272. The summed E-state index contributed by atoms with van der Waals surface area (Å²) in [6.45, 7) is 5.86. The molecule has 0 N–H and O–H groups in total. The molecule has 0 aliphatic carbocycles. The van der Waals surface area contributed by atoms with Crippen molar-refractivity contribution in [2.75, 3.05) is 0 Å². The quantitative estimate of drug-likeness (QED) is 0.711. The molecule has 0 heterocycles. The Morgan fingerprint density at radius 1 is 1.14 bits per heavy atom. The van der Waals surface area contributed by atoms with Gasteiger partial charge in [0.15, 0.2) is 0 Å². The lowest BCUT2D eigenvalue weighted by Crippen LogP contribution is -2.32. The fourth-order valence-electron chi connectivity index (χ4n) is 2.12. The Bertz CT molecular complexity index is 296. The summed E-state index contributed by atoms with van der Waals surface area (Å²) >= 11 is 0. The standard InChI is InChI=1S/C13H18O/c1-4-13(5-2,11(3)14)12-9-7-6-8-10-12/h6-10H,4-5H2,1-3H3. The smallest absolute Gasteiger partial charge is 0.140 e. The average molecular weight is 190 g/mol. The Kier molecular flexibility index (Phi) is 3.45. The van der Waals surface area contributed by atoms with Crippen LogP contribution < -0.4 is 0 Å². The summed E-state index contributed by atoms with van der Waals surface area (Å²) in [4.78, 5) is 11.7. The molecule has 0 aliphatic rings. The number of hydrogen-bond acceptors (Lipinski definition) is 1. The maximum Gasteiger partial charge on any atom is 0.140 e. The van der Waals surface area contributed by atoms with Crippen LogP contribution in [0.2, 0.25) is 0 Å². The van der Waals surface area contributed by atoms with Gasteiger partial charge in [0.2, 0.25) is 0 Å². The van der Waals surface area contributed by atoms with Gasteiger partial charge in [-0.3, -0.25) is 4.79 Å². The molecule has 0 amide bonds. The molecule has 0 bridgehead atoms. The molecule has 1 nitrogen and oxygen atoms in total. The van der Waals surface area contributed by atoms with Crippen LogP contribution in [-0.4, -0.2) is 5.78 Å². The van der Waals surface area contributed by atoms with Crippen molar-refractivity contribution in [1.29, 1.82) is 0 Å². The van der Waals surface area contributed by atoms with Crippen LogP contribution >= 0.6 is 0 Å². The minimum absolute atomic E-state index is 0.263. The second-order valence-electron chi connectivity index (χ2n) is 3.71. The lowest BCUT2D eigenvalue weighted by Gasteiger charge is -2.29. The van der Waals surface area contributed by atoms with E-state index in [4.69, 9.17) is 0 Å². The van der Waals surface area contributed by atoms with Crippen molar-refractivity contribution >= 4 is 5.78 Å². The summed E-state index contributed by atoms with van der Waals surface area (Å²) in [5.41, 5.74) is 0.888. The van der Waals surface area contributed by atoms with E-state index < -0.39 is 0 Å². The van der Waals surface area contributed by atoms with E-state index in [0.717, 1.165) is 18.4 Å². The Morgan fingerprint density at radius 2 is 1.64 bits per heavy atom. The first kappa shape index (κ1) is 11.0. The van der Waals surface area contributed by atoms with Gasteiger partial charge < -0.3 is 0 Å². The number of hydrogen-bond donors (Lipinski definition) is 0. The highest BCUT2D eigenvalue weighted by Crippen LogP contribution is 2.32. The first-order valence-electron chi connectivity index (χ1n) is 5.24. The normalized spacial score (nSPS) is 11.4. The molecule has 1 rings (SSSR count). The Balaban J connectivity index is 3.18. The lowest BCUT2D eigenvalue weighted by atomic mass is 9.73. The van der Waals surface area contributed by atoms with Gasteiger partial charge in [0.05, 0.1) is 5.41 Å². The van der Waals surface area contributed by atoms with Crippen LogP contribution in [-0.2, 0) is 10.2 Å². The van der Waals surface area contributed by atoms with Crippen molar-refractivity contribution in [3.63, 3.8) is 0 Å². The molecule has 76 valence electrons. The number of carbonyl (C=O) groups is 1. The molecule has 0 fully saturated rings. The summed E-state index contributed by atoms with van der Waals surface area (Å²) in [6.07, 6.45) is 1.76. The first-order valence-corrected chi connectivity index (χ1v) is 5.24. The number of benzene rings is 1. The molecule has 0 saturated carbocycles. The molecule has 1 aromatic carbocycles. The van der Waals surface area contributed by atoms with Gasteiger partial charge in [-0.25, -0.2) is 0 Å². The highest BCUT2D eigenvalue weighted by Gasteiger charge is 2.32. The van der Waals surface area contributed by atoms with Crippen LogP contribution in [0, 0.1) is 0 Å². The van der Waals surface area contributed by atoms with Crippen LogP contribution in [0.4, 0.5) is 0 Å². The van der Waals surface area contributed by atoms with Gasteiger partial charge in [-0.05, 0) is 25.3 Å². The molecule has 0 aliphatic heterocycles. The van der Waals surface area contributed by atoms with Crippen molar-refractivity contribution in [2.24, 2.45) is 0 Å². The van der Waals surface area contributed by atoms with Crippen molar-refractivity contribution in [2.45, 2.75) is 39.0 Å². The van der Waals surface area contributed by atoms with Gasteiger partial charge in [-0.2, -0.15) is 0 Å². The first-order chi connectivity index (χ1) is 6.67. The van der Waals surface area contributed by atoms with Crippen molar-refractivity contribution in [3.05, 3.63) is 35.9 Å². The third-order valence-corrected chi connectivity index (χ3v) is 3.21. The molecule has 0 radical (unpaired) electrons. The highest BCUT2D eigenvalue weighted by molar-refractivity contribution is 5.87. The van der Waals surface area contributed by atoms with Crippen molar-refractivity contribution < 1.29 is 4.79 Å². The van der Waals surface area contributed by atoms with E-state index in [1.807, 2.05) is 18.2 Å². The number of carbonyl (C=O) groups excluding carboxylic acids is 1. The van der Waals surface area contributed by atoms with Gasteiger partial charge in [0.1, 0.15) is 5.78 Å². The predicted molar refractivity (Wildman–Crippen MR) is 59.4 cm³/mol. The molecule has 1 heteroatoms. The molecule has 0 spiro atoms. The number of ketones is 1. The molecular weight excluding hydrogens is 172 g/mol. The summed E-state index contributed by atoms with van der Waals surface area (Å²) in [7, 11) is 0. The van der Waals surface area contributed by atoms with Gasteiger partial charge in [0, 0.05) is 0 Å². The Labute approximate surface area is 86.1 Å². The maximum atomic E-state index is 11.7. The minimum Gasteiger partial charge on any atom is -0.299 e. The molecular formula is C13H18O. The van der Waals surface area contributed by atoms with E-state index in [0.29, 0.717) is 0 Å². The second-order valence-corrected chi connectivity index (χ2v) is 3.71. The Hall–Kier alpha value is -1.11. The minimum atomic E-state index is -0.263. The largest absolute Gasteiger partial charge is 0.299 e. The monoisotopic (exact) mass is 190 g/mol. The zero-order valence-corrected chi connectivity index (χ0v) is 9.21. The molecule has 0 saturated heterocycles. The van der Waals surface area contributed by atoms with Crippen LogP contribution in [0.5, 0.6) is 0 Å². The average Bonchev–Trinajstić information content (AvgIpc) is 2.22. The van der Waals surface area contributed by atoms with E-state index in [1.165, 1.54) is 0 Å². The third kappa shape index (κ3) is 1.72. The van der Waals surface area contributed by atoms with Crippen molar-refractivity contribution in [3.8, 4) is 0 Å². The number of Topliss-reactive ketones (excluding diaryl/α,β-unsaturated/α-hetero) is 1. The SMILES string of the molecule is CCC(CC)(C(C)=O)c1ccccc1. The van der Waals surface area contributed by atoms with E-state index in [2.05, 4.69) is 26.0 Å². The molecule has 1 aromatic rings.